The minimum Gasteiger partial charge on any atom is -0.309 e. The smallest absolute Gasteiger partial charge is 0.160 e. The number of benzene rings is 9. The fourth-order valence-corrected chi connectivity index (χ4v) is 10.6. The Morgan fingerprint density at radius 2 is 0.917 bits per heavy atom. The van der Waals surface area contributed by atoms with E-state index in [9.17, 15) is 0 Å². The van der Waals surface area contributed by atoms with Gasteiger partial charge in [0.2, 0.25) is 0 Å². The molecule has 0 radical (unpaired) electrons. The second kappa shape index (κ2) is 12.6. The van der Waals surface area contributed by atoms with Crippen molar-refractivity contribution in [1.29, 1.82) is 0 Å². The van der Waals surface area contributed by atoms with Crippen molar-refractivity contribution in [2.75, 3.05) is 0 Å². The summed E-state index contributed by atoms with van der Waals surface area (Å²) in [6, 6.07) is 77.1. The third kappa shape index (κ3) is 4.49. The number of hydrogen-bond acceptors (Lipinski definition) is 2. The summed E-state index contributed by atoms with van der Waals surface area (Å²) < 4.78 is 2.36. The maximum absolute atomic E-state index is 5.54. The van der Waals surface area contributed by atoms with Gasteiger partial charge in [0.25, 0.3) is 0 Å². The van der Waals surface area contributed by atoms with E-state index in [1.165, 1.54) is 66.3 Å². The minimum atomic E-state index is -0.427. The van der Waals surface area contributed by atoms with Crippen LogP contribution >= 0.6 is 0 Å². The molecule has 11 aromatic rings. The van der Waals surface area contributed by atoms with Crippen molar-refractivity contribution in [2.24, 2.45) is 0 Å². The highest BCUT2D eigenvalue weighted by Gasteiger charge is 2.52. The molecule has 0 N–H and O–H groups in total. The summed E-state index contributed by atoms with van der Waals surface area (Å²) in [6.07, 6.45) is 0. The molecule has 2 aromatic heterocycles. The molecule has 0 saturated heterocycles. The summed E-state index contributed by atoms with van der Waals surface area (Å²) in [5, 5.41) is 3.50. The first kappa shape index (κ1) is 33.1. The standard InChI is InChI=1S/C57H35N3/c1-2-18-39(19-3-1)60-52-31-13-8-22-42(52)46-35-37(32-33-53(46)60)36-16-14-17-38(34-36)56-58-51-30-12-7-24-44(51)55(59-56)45-25-15-29-50-54(45)43-23-6-11-28-49(43)57(50)47-26-9-4-20-40(47)41-21-5-10-27-48(41)57/h1-35H. The van der Waals surface area contributed by atoms with E-state index in [1.807, 2.05) is 0 Å². The fraction of sp³-hybridized carbons (Fsp3) is 0.0175. The van der Waals surface area contributed by atoms with Crippen molar-refractivity contribution in [3.05, 3.63) is 235 Å². The van der Waals surface area contributed by atoms with Crippen molar-refractivity contribution in [1.82, 2.24) is 14.5 Å². The maximum Gasteiger partial charge on any atom is 0.160 e. The molecule has 2 heterocycles. The Morgan fingerprint density at radius 3 is 1.72 bits per heavy atom. The van der Waals surface area contributed by atoms with Crippen LogP contribution in [0.1, 0.15) is 22.3 Å². The Labute approximate surface area is 347 Å². The van der Waals surface area contributed by atoms with E-state index in [-0.39, 0.29) is 0 Å². The average molecular weight is 762 g/mol. The van der Waals surface area contributed by atoms with Gasteiger partial charge in [0.1, 0.15) is 0 Å². The quantitative estimate of drug-likeness (QED) is 0.179. The molecule has 2 aliphatic carbocycles. The molecule has 3 nitrogen and oxygen atoms in total. The number of hydrogen-bond donors (Lipinski definition) is 0. The summed E-state index contributed by atoms with van der Waals surface area (Å²) in [5.41, 5.74) is 19.8. The van der Waals surface area contributed by atoms with Crippen LogP contribution in [0.5, 0.6) is 0 Å². The number of aromatic nitrogens is 3. The van der Waals surface area contributed by atoms with Crippen LogP contribution in [0.25, 0.3) is 94.4 Å². The van der Waals surface area contributed by atoms with Gasteiger partial charge in [-0.15, -0.1) is 0 Å². The minimum absolute atomic E-state index is 0.427. The van der Waals surface area contributed by atoms with Crippen LogP contribution in [0.4, 0.5) is 0 Å². The molecule has 13 rings (SSSR count). The van der Waals surface area contributed by atoms with Crippen molar-refractivity contribution < 1.29 is 0 Å². The number of fused-ring (bicyclic) bond motifs is 14. The molecule has 0 unspecified atom stereocenters. The predicted octanol–water partition coefficient (Wildman–Crippen LogP) is 14.1. The topological polar surface area (TPSA) is 30.7 Å². The van der Waals surface area contributed by atoms with Crippen LogP contribution in [0.2, 0.25) is 0 Å². The molecular formula is C57H35N3. The largest absolute Gasteiger partial charge is 0.309 e. The van der Waals surface area contributed by atoms with Gasteiger partial charge in [0.05, 0.1) is 27.7 Å². The van der Waals surface area contributed by atoms with E-state index in [1.54, 1.807) is 0 Å². The Balaban J connectivity index is 0.997. The van der Waals surface area contributed by atoms with Crippen LogP contribution in [0.3, 0.4) is 0 Å². The highest BCUT2D eigenvalue weighted by atomic mass is 15.0. The van der Waals surface area contributed by atoms with E-state index < -0.39 is 5.41 Å². The van der Waals surface area contributed by atoms with Gasteiger partial charge in [-0.25, -0.2) is 9.97 Å². The van der Waals surface area contributed by atoms with E-state index in [0.717, 1.165) is 44.5 Å². The third-order valence-corrected chi connectivity index (χ3v) is 13.0. The summed E-state index contributed by atoms with van der Waals surface area (Å²) in [4.78, 5) is 10.8. The molecule has 0 atom stereocenters. The Morgan fingerprint density at radius 1 is 0.350 bits per heavy atom. The van der Waals surface area contributed by atoms with E-state index in [0.29, 0.717) is 5.82 Å². The molecule has 60 heavy (non-hydrogen) atoms. The Kier molecular flexibility index (Phi) is 6.93. The highest BCUT2D eigenvalue weighted by Crippen LogP contribution is 2.64. The highest BCUT2D eigenvalue weighted by molar-refractivity contribution is 6.10. The summed E-state index contributed by atoms with van der Waals surface area (Å²) in [5.74, 6) is 0.711. The first-order chi connectivity index (χ1) is 29.8. The normalized spacial score (nSPS) is 13.1. The molecule has 0 amide bonds. The molecular weight excluding hydrogens is 727 g/mol. The zero-order chi connectivity index (χ0) is 39.4. The Bertz CT molecular complexity index is 3510. The van der Waals surface area contributed by atoms with Crippen molar-refractivity contribution in [3.8, 4) is 61.7 Å². The van der Waals surface area contributed by atoms with E-state index in [4.69, 9.17) is 9.97 Å². The molecule has 0 bridgehead atoms. The molecule has 278 valence electrons. The van der Waals surface area contributed by atoms with Crippen LogP contribution in [-0.2, 0) is 5.41 Å². The summed E-state index contributed by atoms with van der Waals surface area (Å²) in [6.45, 7) is 0. The molecule has 0 fully saturated rings. The van der Waals surface area contributed by atoms with Crippen LogP contribution in [-0.4, -0.2) is 14.5 Å². The first-order valence-corrected chi connectivity index (χ1v) is 20.7. The predicted molar refractivity (Wildman–Crippen MR) is 246 cm³/mol. The van der Waals surface area contributed by atoms with E-state index in [2.05, 4.69) is 217 Å². The zero-order valence-electron chi connectivity index (χ0n) is 32.5. The average Bonchev–Trinajstić information content (AvgIpc) is 3.93. The molecule has 1 spiro atoms. The van der Waals surface area contributed by atoms with Crippen LogP contribution in [0.15, 0.2) is 212 Å². The van der Waals surface area contributed by atoms with Gasteiger partial charge in [-0.05, 0) is 98.1 Å². The molecule has 0 aliphatic heterocycles. The van der Waals surface area contributed by atoms with Gasteiger partial charge in [-0.2, -0.15) is 0 Å². The van der Waals surface area contributed by atoms with Gasteiger partial charge in [-0.3, -0.25) is 0 Å². The lowest BCUT2D eigenvalue weighted by Gasteiger charge is -2.30. The zero-order valence-corrected chi connectivity index (χ0v) is 32.5. The third-order valence-electron chi connectivity index (χ3n) is 13.0. The number of para-hydroxylation sites is 3. The second-order valence-electron chi connectivity index (χ2n) is 16.0. The molecule has 9 aromatic carbocycles. The fourth-order valence-electron chi connectivity index (χ4n) is 10.6. The van der Waals surface area contributed by atoms with Crippen molar-refractivity contribution in [3.63, 3.8) is 0 Å². The molecule has 3 heteroatoms. The van der Waals surface area contributed by atoms with Gasteiger partial charge in [-0.1, -0.05) is 170 Å². The second-order valence-corrected chi connectivity index (χ2v) is 16.0. The van der Waals surface area contributed by atoms with Crippen molar-refractivity contribution >= 4 is 32.7 Å². The maximum atomic E-state index is 5.54. The van der Waals surface area contributed by atoms with Crippen LogP contribution < -0.4 is 0 Å². The van der Waals surface area contributed by atoms with Gasteiger partial charge in [0.15, 0.2) is 5.82 Å². The molecule has 2 aliphatic rings. The monoisotopic (exact) mass is 761 g/mol. The number of rotatable bonds is 4. The lowest BCUT2D eigenvalue weighted by atomic mass is 9.70. The lowest BCUT2D eigenvalue weighted by Crippen LogP contribution is -2.25. The van der Waals surface area contributed by atoms with Gasteiger partial charge in [0, 0.05) is 33.0 Å². The summed E-state index contributed by atoms with van der Waals surface area (Å²) in [7, 11) is 0. The van der Waals surface area contributed by atoms with Crippen LogP contribution in [0, 0.1) is 0 Å². The SMILES string of the molecule is c1ccc(-n2c3ccccc3c3cc(-c4cccc(-c5nc(-c6cccc7c6-c6ccccc6C76c7ccccc7-c7ccccc76)c6ccccc6n5)c4)ccc32)cc1. The lowest BCUT2D eigenvalue weighted by molar-refractivity contribution is 0.794. The first-order valence-electron chi connectivity index (χ1n) is 20.7. The Hall–Kier alpha value is -7.88. The van der Waals surface area contributed by atoms with Gasteiger partial charge < -0.3 is 4.57 Å². The van der Waals surface area contributed by atoms with E-state index >= 15 is 0 Å². The van der Waals surface area contributed by atoms with Crippen molar-refractivity contribution in [2.45, 2.75) is 5.41 Å². The summed E-state index contributed by atoms with van der Waals surface area (Å²) >= 11 is 0. The number of nitrogens with zero attached hydrogens (tertiary/aromatic N) is 3. The van der Waals surface area contributed by atoms with Gasteiger partial charge >= 0.3 is 0 Å². The molecule has 0 saturated carbocycles.